The normalized spacial score (nSPS) is 21.7. The zero-order chi connectivity index (χ0) is 27.0. The highest BCUT2D eigenvalue weighted by Crippen LogP contribution is 2.72. The largest absolute Gasteiger partial charge is 0.466 e. The van der Waals surface area contributed by atoms with Crippen molar-refractivity contribution in [3.05, 3.63) is 155 Å². The van der Waals surface area contributed by atoms with Gasteiger partial charge in [-0.15, -0.1) is 0 Å². The summed E-state index contributed by atoms with van der Waals surface area (Å²) in [6, 6.07) is 40.3. The molecule has 2 aliphatic carbocycles. The number of allylic oxidation sites excluding steroid dienone is 2. The third kappa shape index (κ3) is 3.45. The maximum atomic E-state index is 13.9. The fourth-order valence-electron chi connectivity index (χ4n) is 6.83. The van der Waals surface area contributed by atoms with Crippen LogP contribution in [0.4, 0.5) is 0 Å². The molecule has 4 nitrogen and oxygen atoms in total. The molecule has 0 radical (unpaired) electrons. The Hall–Kier alpha value is -4.70. The number of fused-ring (bicyclic) bond motifs is 2. The highest BCUT2D eigenvalue weighted by atomic mass is 16.5. The highest BCUT2D eigenvalue weighted by Gasteiger charge is 2.68. The van der Waals surface area contributed by atoms with Gasteiger partial charge in [0.1, 0.15) is 0 Å². The Balaban J connectivity index is 1.88. The molecule has 4 aromatic rings. The van der Waals surface area contributed by atoms with Gasteiger partial charge < -0.3 is 9.47 Å². The molecule has 0 amide bonds. The predicted octanol–water partition coefficient (Wildman–Crippen LogP) is 6.53. The molecule has 0 saturated heterocycles. The minimum Gasteiger partial charge on any atom is -0.466 e. The lowest BCUT2D eigenvalue weighted by atomic mass is 9.65. The quantitative estimate of drug-likeness (QED) is 0.276. The summed E-state index contributed by atoms with van der Waals surface area (Å²) in [6.07, 6.45) is 0.456. The van der Waals surface area contributed by atoms with Gasteiger partial charge in [0.2, 0.25) is 0 Å². The van der Waals surface area contributed by atoms with Gasteiger partial charge in [-0.1, -0.05) is 121 Å². The van der Waals surface area contributed by atoms with Crippen LogP contribution in [0.2, 0.25) is 0 Å². The third-order valence-electron chi connectivity index (χ3n) is 8.17. The predicted molar refractivity (Wildman–Crippen MR) is 152 cm³/mol. The van der Waals surface area contributed by atoms with Crippen molar-refractivity contribution in [3.63, 3.8) is 0 Å². The van der Waals surface area contributed by atoms with Gasteiger partial charge in [0.05, 0.1) is 36.2 Å². The van der Waals surface area contributed by atoms with Crippen LogP contribution in [0.3, 0.4) is 0 Å². The van der Waals surface area contributed by atoms with Crippen LogP contribution in [0, 0.1) is 0 Å². The molecule has 0 N–H and O–H groups in total. The van der Waals surface area contributed by atoms with Crippen LogP contribution in [0.5, 0.6) is 0 Å². The number of hydrogen-bond acceptors (Lipinski definition) is 4. The molecule has 2 bridgehead atoms. The first-order chi connectivity index (χ1) is 19.1. The molecule has 0 unspecified atom stereocenters. The molecule has 2 atom stereocenters. The minimum atomic E-state index is -0.958. The number of rotatable bonds is 6. The zero-order valence-corrected chi connectivity index (χ0v) is 21.9. The summed E-state index contributed by atoms with van der Waals surface area (Å²) >= 11 is 0. The first kappa shape index (κ1) is 24.6. The molecule has 0 fully saturated rings. The van der Waals surface area contributed by atoms with E-state index in [-0.39, 0.29) is 0 Å². The number of carbonyl (C=O) groups is 2. The summed E-state index contributed by atoms with van der Waals surface area (Å²) in [7, 11) is 2.74. The first-order valence-corrected chi connectivity index (χ1v) is 13.0. The van der Waals surface area contributed by atoms with E-state index in [0.29, 0.717) is 17.6 Å². The van der Waals surface area contributed by atoms with E-state index in [1.54, 1.807) is 0 Å². The van der Waals surface area contributed by atoms with Gasteiger partial charge in [0.25, 0.3) is 0 Å². The van der Waals surface area contributed by atoms with Crippen molar-refractivity contribution in [2.24, 2.45) is 0 Å². The summed E-state index contributed by atoms with van der Waals surface area (Å²) in [5.41, 5.74) is 4.58. The van der Waals surface area contributed by atoms with E-state index in [2.05, 4.69) is 24.3 Å². The summed E-state index contributed by atoms with van der Waals surface area (Å²) in [5.74, 6) is -1.06. The van der Waals surface area contributed by atoms with Crippen molar-refractivity contribution in [1.82, 2.24) is 0 Å². The van der Waals surface area contributed by atoms with E-state index in [1.807, 2.05) is 97.1 Å². The van der Waals surface area contributed by atoms with Gasteiger partial charge in [-0.05, 0) is 39.8 Å². The summed E-state index contributed by atoms with van der Waals surface area (Å²) < 4.78 is 10.9. The van der Waals surface area contributed by atoms with Crippen LogP contribution >= 0.6 is 0 Å². The highest BCUT2D eigenvalue weighted by molar-refractivity contribution is 6.20. The Morgan fingerprint density at radius 3 is 1.13 bits per heavy atom. The number of carbonyl (C=O) groups excluding carboxylic acids is 2. The smallest absolute Gasteiger partial charge is 0.335 e. The molecule has 0 spiro atoms. The average molecular weight is 513 g/mol. The van der Waals surface area contributed by atoms with Crippen molar-refractivity contribution in [2.75, 3.05) is 14.2 Å². The van der Waals surface area contributed by atoms with E-state index in [0.717, 1.165) is 33.4 Å². The van der Waals surface area contributed by atoms with Gasteiger partial charge in [0, 0.05) is 0 Å². The molecule has 4 aromatic carbocycles. The second kappa shape index (κ2) is 9.55. The van der Waals surface area contributed by atoms with E-state index in [4.69, 9.17) is 9.47 Å². The lowest BCUT2D eigenvalue weighted by molar-refractivity contribution is -0.139. The number of benzene rings is 4. The Morgan fingerprint density at radius 2 is 0.821 bits per heavy atom. The monoisotopic (exact) mass is 512 g/mol. The number of esters is 2. The molecule has 0 heterocycles. The van der Waals surface area contributed by atoms with Gasteiger partial charge in [0.15, 0.2) is 0 Å². The van der Waals surface area contributed by atoms with Crippen molar-refractivity contribution >= 4 is 23.1 Å². The van der Waals surface area contributed by atoms with Crippen molar-refractivity contribution < 1.29 is 19.1 Å². The Morgan fingerprint density at radius 1 is 0.513 bits per heavy atom. The van der Waals surface area contributed by atoms with Gasteiger partial charge in [-0.3, -0.25) is 0 Å². The molecule has 0 aromatic heterocycles. The molecular formula is C35H28O4. The number of ether oxygens (including phenoxy) is 2. The van der Waals surface area contributed by atoms with Gasteiger partial charge >= 0.3 is 11.9 Å². The Kier molecular flexibility index (Phi) is 6.03. The van der Waals surface area contributed by atoms with Gasteiger partial charge in [-0.2, -0.15) is 0 Å². The van der Waals surface area contributed by atoms with Crippen molar-refractivity contribution in [2.45, 2.75) is 17.3 Å². The Bertz CT molecular complexity index is 1480. The van der Waals surface area contributed by atoms with E-state index in [9.17, 15) is 9.59 Å². The molecule has 0 saturated carbocycles. The molecule has 0 aliphatic heterocycles. The van der Waals surface area contributed by atoms with E-state index < -0.39 is 22.8 Å². The Labute approximate surface area is 228 Å². The summed E-state index contributed by atoms with van der Waals surface area (Å²) in [6.45, 7) is 0. The number of methoxy groups -OCH3 is 2. The van der Waals surface area contributed by atoms with Crippen molar-refractivity contribution in [1.29, 1.82) is 0 Å². The average Bonchev–Trinajstić information content (AvgIpc) is 3.51. The molecule has 6 rings (SSSR count). The molecule has 192 valence electrons. The van der Waals surface area contributed by atoms with Gasteiger partial charge in [-0.25, -0.2) is 9.59 Å². The maximum Gasteiger partial charge on any atom is 0.335 e. The fraction of sp³-hybridized carbons (Fsp3) is 0.143. The second-order valence-electron chi connectivity index (χ2n) is 9.93. The zero-order valence-electron chi connectivity index (χ0n) is 21.9. The van der Waals surface area contributed by atoms with Crippen LogP contribution in [0.1, 0.15) is 28.7 Å². The molecular weight excluding hydrogens is 484 g/mol. The SMILES string of the molecule is COC(=O)C1=C(C(=O)OC)[C@]2(c3ccccc3)C[C@@]1(c1ccccc1)C(c1ccccc1)=C2c1ccccc1. The maximum absolute atomic E-state index is 13.9. The third-order valence-corrected chi connectivity index (χ3v) is 8.17. The molecule has 39 heavy (non-hydrogen) atoms. The standard InChI is InChI=1S/C35H28O4/c1-38-32(36)30-31(33(37)39-2)35(27-21-13-6-14-22-27)23-34(30,26-19-11-5-12-20-26)28(24-15-7-3-8-16-24)29(35)25-17-9-4-10-18-25/h3-22H,23H2,1-2H3/t34-,35+. The van der Waals surface area contributed by atoms with E-state index >= 15 is 0 Å². The number of hydrogen-bond donors (Lipinski definition) is 0. The topological polar surface area (TPSA) is 52.6 Å². The van der Waals surface area contributed by atoms with Crippen molar-refractivity contribution in [3.8, 4) is 0 Å². The van der Waals surface area contributed by atoms with Crippen LogP contribution in [-0.4, -0.2) is 26.2 Å². The lowest BCUT2D eigenvalue weighted by Crippen LogP contribution is -2.34. The van der Waals surface area contributed by atoms with Crippen LogP contribution in [0.25, 0.3) is 11.1 Å². The first-order valence-electron chi connectivity index (χ1n) is 13.0. The van der Waals surface area contributed by atoms with Crippen LogP contribution in [-0.2, 0) is 29.9 Å². The summed E-state index contributed by atoms with van der Waals surface area (Å²) in [4.78, 5) is 27.8. The molecule has 2 aliphatic rings. The fourth-order valence-corrected chi connectivity index (χ4v) is 6.83. The minimum absolute atomic E-state index is 0.338. The molecule has 4 heteroatoms. The second-order valence-corrected chi connectivity index (χ2v) is 9.93. The summed E-state index contributed by atoms with van der Waals surface area (Å²) in [5, 5.41) is 0. The lowest BCUT2D eigenvalue weighted by Gasteiger charge is -2.37. The van der Waals surface area contributed by atoms with Crippen LogP contribution in [0.15, 0.2) is 132 Å². The van der Waals surface area contributed by atoms with E-state index in [1.165, 1.54) is 14.2 Å². The van der Waals surface area contributed by atoms with Crippen LogP contribution < -0.4 is 0 Å².